The van der Waals surface area contributed by atoms with Crippen LogP contribution >= 0.6 is 15.9 Å². The van der Waals surface area contributed by atoms with Crippen LogP contribution in [-0.4, -0.2) is 27.9 Å². The van der Waals surface area contributed by atoms with E-state index in [9.17, 15) is 19.3 Å². The van der Waals surface area contributed by atoms with Crippen molar-refractivity contribution in [1.29, 1.82) is 0 Å². The lowest BCUT2D eigenvalue weighted by molar-refractivity contribution is -0.386. The zero-order chi connectivity index (χ0) is 25.8. The maximum atomic E-state index is 13.2. The number of ether oxygens (including phenoxy) is 2. The predicted octanol–water partition coefficient (Wildman–Crippen LogP) is 5.24. The van der Waals surface area contributed by atoms with Crippen molar-refractivity contribution < 1.29 is 18.8 Å². The summed E-state index contributed by atoms with van der Waals surface area (Å²) >= 11 is 3.36. The second kappa shape index (κ2) is 10.6. The minimum atomic E-state index is -0.599. The smallest absolute Gasteiger partial charge is 0.315 e. The number of nitro benzene ring substituents is 1. The molecule has 0 radical (unpaired) electrons. The Morgan fingerprint density at radius 3 is 2.61 bits per heavy atom. The standard InChI is InChI=1S/C25H20BrFN4O5/c1-3-23-29-20-9-6-17(26)12-19(20)25(32)30(23)28-13-16-10-21(31(33)34)24(22(11-16)35-2)36-14-15-4-7-18(27)8-5-15/h4-13H,3,14H2,1-2H3. The van der Waals surface area contributed by atoms with Gasteiger partial charge in [0.1, 0.15) is 18.2 Å². The third kappa shape index (κ3) is 5.25. The SMILES string of the molecule is CCc1nc2ccc(Br)cc2c(=O)n1N=Cc1cc(OC)c(OCc2ccc(F)cc2)c([N+](=O)[O-])c1. The third-order valence-electron chi connectivity index (χ3n) is 5.28. The summed E-state index contributed by atoms with van der Waals surface area (Å²) in [6.45, 7) is 1.82. The van der Waals surface area contributed by atoms with E-state index in [2.05, 4.69) is 26.0 Å². The molecule has 0 saturated carbocycles. The van der Waals surface area contributed by atoms with Gasteiger partial charge in [0.25, 0.3) is 5.56 Å². The molecule has 3 aromatic carbocycles. The highest BCUT2D eigenvalue weighted by Gasteiger charge is 2.22. The Bertz CT molecular complexity index is 1540. The molecular formula is C25H20BrFN4O5. The molecule has 0 aliphatic carbocycles. The van der Waals surface area contributed by atoms with Gasteiger partial charge in [-0.3, -0.25) is 14.9 Å². The van der Waals surface area contributed by atoms with Gasteiger partial charge >= 0.3 is 5.69 Å². The molecule has 0 fully saturated rings. The van der Waals surface area contributed by atoms with Crippen molar-refractivity contribution in [2.45, 2.75) is 20.0 Å². The number of nitrogens with zero attached hydrogens (tertiary/aromatic N) is 4. The first-order valence-electron chi connectivity index (χ1n) is 10.8. The molecule has 0 atom stereocenters. The van der Waals surface area contributed by atoms with E-state index in [1.54, 1.807) is 18.2 Å². The minimum Gasteiger partial charge on any atom is -0.493 e. The minimum absolute atomic E-state index is 0.0293. The highest BCUT2D eigenvalue weighted by molar-refractivity contribution is 9.10. The molecular weight excluding hydrogens is 535 g/mol. The highest BCUT2D eigenvalue weighted by Crippen LogP contribution is 2.38. The van der Waals surface area contributed by atoms with E-state index in [4.69, 9.17) is 9.47 Å². The first kappa shape index (κ1) is 25.0. The number of hydrogen-bond acceptors (Lipinski definition) is 7. The summed E-state index contributed by atoms with van der Waals surface area (Å²) < 4.78 is 26.1. The fraction of sp³-hybridized carbons (Fsp3) is 0.160. The average molecular weight is 555 g/mol. The van der Waals surface area contributed by atoms with Gasteiger partial charge in [-0.25, -0.2) is 9.37 Å². The molecule has 0 saturated heterocycles. The first-order chi connectivity index (χ1) is 17.3. The monoisotopic (exact) mass is 554 g/mol. The Kier molecular flexibility index (Phi) is 7.39. The maximum Gasteiger partial charge on any atom is 0.315 e. The normalized spacial score (nSPS) is 11.2. The number of halogens is 2. The molecule has 1 aromatic heterocycles. The average Bonchev–Trinajstić information content (AvgIpc) is 2.87. The van der Waals surface area contributed by atoms with Crippen LogP contribution in [0.1, 0.15) is 23.9 Å². The van der Waals surface area contributed by atoms with Gasteiger partial charge in [0.05, 0.1) is 29.2 Å². The van der Waals surface area contributed by atoms with Crippen molar-refractivity contribution in [2.24, 2.45) is 5.10 Å². The van der Waals surface area contributed by atoms with Crippen molar-refractivity contribution in [2.75, 3.05) is 7.11 Å². The number of methoxy groups -OCH3 is 1. The van der Waals surface area contributed by atoms with Crippen molar-refractivity contribution in [3.05, 3.63) is 102 Å². The molecule has 0 aliphatic rings. The van der Waals surface area contributed by atoms with Crippen molar-refractivity contribution in [1.82, 2.24) is 9.66 Å². The second-order valence-electron chi connectivity index (χ2n) is 7.65. The molecule has 0 unspecified atom stereocenters. The van der Waals surface area contributed by atoms with Crippen LogP contribution in [-0.2, 0) is 13.0 Å². The summed E-state index contributed by atoms with van der Waals surface area (Å²) in [6.07, 6.45) is 1.77. The van der Waals surface area contributed by atoms with Crippen LogP contribution in [0.5, 0.6) is 11.5 Å². The lowest BCUT2D eigenvalue weighted by Gasteiger charge is -2.12. The van der Waals surface area contributed by atoms with Crippen LogP contribution < -0.4 is 15.0 Å². The Labute approximate surface area is 213 Å². The van der Waals surface area contributed by atoms with Crippen molar-refractivity contribution in [3.63, 3.8) is 0 Å². The lowest BCUT2D eigenvalue weighted by Crippen LogP contribution is -2.22. The van der Waals surface area contributed by atoms with Gasteiger partial charge < -0.3 is 9.47 Å². The van der Waals surface area contributed by atoms with Crippen molar-refractivity contribution in [3.8, 4) is 11.5 Å². The molecule has 0 bridgehead atoms. The van der Waals surface area contributed by atoms with E-state index >= 15 is 0 Å². The van der Waals surface area contributed by atoms with E-state index in [1.165, 1.54) is 54.4 Å². The number of fused-ring (bicyclic) bond motifs is 1. The molecule has 4 aromatic rings. The molecule has 0 N–H and O–H groups in total. The number of aromatic nitrogens is 2. The van der Waals surface area contributed by atoms with E-state index in [0.717, 1.165) is 4.47 Å². The quantitative estimate of drug-likeness (QED) is 0.167. The van der Waals surface area contributed by atoms with E-state index in [0.29, 0.717) is 34.3 Å². The Hall–Kier alpha value is -4.12. The van der Waals surface area contributed by atoms with Crippen LogP contribution in [0.25, 0.3) is 10.9 Å². The largest absolute Gasteiger partial charge is 0.493 e. The van der Waals surface area contributed by atoms with Crippen LogP contribution in [0.4, 0.5) is 10.1 Å². The summed E-state index contributed by atoms with van der Waals surface area (Å²) in [5.41, 5.74) is 0.777. The summed E-state index contributed by atoms with van der Waals surface area (Å²) in [4.78, 5) is 28.8. The van der Waals surface area contributed by atoms with Gasteiger partial charge in [-0.05, 0) is 42.0 Å². The van der Waals surface area contributed by atoms with Crippen LogP contribution in [0.3, 0.4) is 0 Å². The van der Waals surface area contributed by atoms with Gasteiger partial charge in [-0.1, -0.05) is 35.0 Å². The number of benzene rings is 3. The Morgan fingerprint density at radius 2 is 1.94 bits per heavy atom. The van der Waals surface area contributed by atoms with Gasteiger partial charge in [-0.2, -0.15) is 9.78 Å². The molecule has 4 rings (SSSR count). The Morgan fingerprint density at radius 1 is 1.19 bits per heavy atom. The zero-order valence-electron chi connectivity index (χ0n) is 19.3. The molecule has 1 heterocycles. The molecule has 0 amide bonds. The number of aryl methyl sites for hydroxylation is 1. The molecule has 184 valence electrons. The second-order valence-corrected chi connectivity index (χ2v) is 8.56. The van der Waals surface area contributed by atoms with E-state index < -0.39 is 10.7 Å². The molecule has 0 aliphatic heterocycles. The first-order valence-corrected chi connectivity index (χ1v) is 11.6. The number of nitro groups is 1. The van der Waals surface area contributed by atoms with E-state index in [-0.39, 0.29) is 29.4 Å². The van der Waals surface area contributed by atoms with Gasteiger partial charge in [0, 0.05) is 22.5 Å². The van der Waals surface area contributed by atoms with Crippen molar-refractivity contribution >= 4 is 38.7 Å². The predicted molar refractivity (Wildman–Crippen MR) is 136 cm³/mol. The van der Waals surface area contributed by atoms with Crippen LogP contribution in [0, 0.1) is 15.9 Å². The zero-order valence-corrected chi connectivity index (χ0v) is 20.9. The number of rotatable bonds is 8. The topological polar surface area (TPSA) is 109 Å². The fourth-order valence-corrected chi connectivity index (χ4v) is 3.88. The maximum absolute atomic E-state index is 13.2. The molecule has 11 heteroatoms. The summed E-state index contributed by atoms with van der Waals surface area (Å²) in [5, 5.41) is 16.5. The molecule has 36 heavy (non-hydrogen) atoms. The summed E-state index contributed by atoms with van der Waals surface area (Å²) in [7, 11) is 1.36. The Balaban J connectivity index is 1.72. The fourth-order valence-electron chi connectivity index (χ4n) is 3.52. The number of hydrogen-bond donors (Lipinski definition) is 0. The molecule has 9 nitrogen and oxygen atoms in total. The third-order valence-corrected chi connectivity index (χ3v) is 5.78. The highest BCUT2D eigenvalue weighted by atomic mass is 79.9. The summed E-state index contributed by atoms with van der Waals surface area (Å²) in [5.74, 6) is 0.0707. The van der Waals surface area contributed by atoms with Gasteiger partial charge in [0.15, 0.2) is 5.75 Å². The van der Waals surface area contributed by atoms with Crippen LogP contribution in [0.2, 0.25) is 0 Å². The van der Waals surface area contributed by atoms with E-state index in [1.807, 2.05) is 6.92 Å². The van der Waals surface area contributed by atoms with Gasteiger partial charge in [-0.15, -0.1) is 0 Å². The summed E-state index contributed by atoms with van der Waals surface area (Å²) in [6, 6.07) is 13.6. The van der Waals surface area contributed by atoms with Crippen LogP contribution in [0.15, 0.2) is 69.0 Å². The molecule has 0 spiro atoms. The van der Waals surface area contributed by atoms with Gasteiger partial charge in [0.2, 0.25) is 5.75 Å². The lowest BCUT2D eigenvalue weighted by atomic mass is 10.1.